The number of hydrogen-bond acceptors (Lipinski definition) is 5. The van der Waals surface area contributed by atoms with E-state index in [1.807, 2.05) is 6.20 Å². The second kappa shape index (κ2) is 9.03. The Hall–Kier alpha value is -1.50. The van der Waals surface area contributed by atoms with E-state index in [9.17, 15) is 4.79 Å². The lowest BCUT2D eigenvalue weighted by Gasteiger charge is -2.37. The largest absolute Gasteiger partial charge is 0.379 e. The van der Waals surface area contributed by atoms with E-state index in [0.29, 0.717) is 30.9 Å². The summed E-state index contributed by atoms with van der Waals surface area (Å²) in [6.45, 7) is 7.22. The Bertz CT molecular complexity index is 845. The predicted octanol–water partition coefficient (Wildman–Crippen LogP) is 3.68. The Morgan fingerprint density at radius 3 is 3.06 bits per heavy atom. The van der Waals surface area contributed by atoms with Crippen LogP contribution in [0.5, 0.6) is 0 Å². The zero-order valence-corrected chi connectivity index (χ0v) is 19.8. The fourth-order valence-electron chi connectivity index (χ4n) is 6.83. The van der Waals surface area contributed by atoms with Gasteiger partial charge >= 0.3 is 0 Å². The first-order chi connectivity index (χ1) is 15.5. The maximum atomic E-state index is 14.1. The molecule has 0 aromatic carbocycles. The van der Waals surface area contributed by atoms with Crippen molar-refractivity contribution in [3.05, 3.63) is 29.1 Å². The van der Waals surface area contributed by atoms with E-state index in [1.54, 1.807) is 7.11 Å². The van der Waals surface area contributed by atoms with Gasteiger partial charge in [-0.25, -0.2) is 0 Å². The number of fused-ring (bicyclic) bond motifs is 2. The molecule has 32 heavy (non-hydrogen) atoms. The Morgan fingerprint density at radius 1 is 1.38 bits per heavy atom. The van der Waals surface area contributed by atoms with Gasteiger partial charge in [0.2, 0.25) is 5.91 Å². The average molecular weight is 443 g/mol. The van der Waals surface area contributed by atoms with Crippen molar-refractivity contribution in [2.24, 2.45) is 17.3 Å². The van der Waals surface area contributed by atoms with Gasteiger partial charge in [-0.2, -0.15) is 0 Å². The Labute approximate surface area is 192 Å². The van der Waals surface area contributed by atoms with Crippen LogP contribution in [-0.2, 0) is 32.0 Å². The van der Waals surface area contributed by atoms with Gasteiger partial charge in [0.1, 0.15) is 0 Å². The van der Waals surface area contributed by atoms with Gasteiger partial charge in [-0.1, -0.05) is 13.0 Å². The van der Waals surface area contributed by atoms with Crippen LogP contribution in [-0.4, -0.2) is 61.0 Å². The summed E-state index contributed by atoms with van der Waals surface area (Å²) < 4.78 is 17.8. The van der Waals surface area contributed by atoms with E-state index in [2.05, 4.69) is 29.8 Å². The SMILES string of the molecule is CCC1C[C@@]2(C(=O)N3CCc4ncc(C)cc4C3)C[C@H](CC3CCOCC3OC)C[C@H]2O1. The first kappa shape index (κ1) is 22.3. The molecule has 3 fully saturated rings. The van der Waals surface area contributed by atoms with Crippen molar-refractivity contribution in [3.63, 3.8) is 0 Å². The molecule has 6 nitrogen and oxygen atoms in total. The van der Waals surface area contributed by atoms with Crippen LogP contribution in [0.3, 0.4) is 0 Å². The highest BCUT2D eigenvalue weighted by molar-refractivity contribution is 5.84. The maximum Gasteiger partial charge on any atom is 0.231 e. The van der Waals surface area contributed by atoms with E-state index in [4.69, 9.17) is 14.2 Å². The summed E-state index contributed by atoms with van der Waals surface area (Å²) in [5.74, 6) is 1.36. The zero-order valence-electron chi connectivity index (χ0n) is 19.8. The highest BCUT2D eigenvalue weighted by Gasteiger charge is 2.60. The number of methoxy groups -OCH3 is 1. The highest BCUT2D eigenvalue weighted by Crippen LogP contribution is 2.55. The molecule has 6 heteroatoms. The molecule has 3 aliphatic heterocycles. The number of carbonyl (C=O) groups excluding carboxylic acids is 1. The minimum absolute atomic E-state index is 0.0582. The molecule has 0 N–H and O–H groups in total. The molecule has 4 aliphatic rings. The quantitative estimate of drug-likeness (QED) is 0.696. The lowest BCUT2D eigenvalue weighted by Crippen LogP contribution is -2.48. The van der Waals surface area contributed by atoms with Crippen molar-refractivity contribution in [2.45, 2.75) is 83.6 Å². The molecule has 176 valence electrons. The molecule has 1 aliphatic carbocycles. The first-order valence-electron chi connectivity index (χ1n) is 12.5. The van der Waals surface area contributed by atoms with E-state index in [-0.39, 0.29) is 23.7 Å². The molecule has 1 saturated carbocycles. The number of aromatic nitrogens is 1. The molecule has 3 unspecified atom stereocenters. The van der Waals surface area contributed by atoms with Crippen LogP contribution >= 0.6 is 0 Å². The van der Waals surface area contributed by atoms with Gasteiger partial charge in [-0.3, -0.25) is 9.78 Å². The van der Waals surface area contributed by atoms with Gasteiger partial charge < -0.3 is 19.1 Å². The van der Waals surface area contributed by atoms with Gasteiger partial charge in [-0.05, 0) is 68.4 Å². The summed E-state index contributed by atoms with van der Waals surface area (Å²) in [6, 6.07) is 2.20. The van der Waals surface area contributed by atoms with Crippen molar-refractivity contribution >= 4 is 5.91 Å². The number of ether oxygens (including phenoxy) is 3. The molecule has 0 radical (unpaired) electrons. The number of nitrogens with zero attached hydrogens (tertiary/aromatic N) is 2. The molecule has 5 rings (SSSR count). The van der Waals surface area contributed by atoms with Crippen LogP contribution in [0, 0.1) is 24.2 Å². The fourth-order valence-corrected chi connectivity index (χ4v) is 6.83. The van der Waals surface area contributed by atoms with Crippen LogP contribution in [0.25, 0.3) is 0 Å². The van der Waals surface area contributed by atoms with E-state index < -0.39 is 0 Å². The van der Waals surface area contributed by atoms with Crippen molar-refractivity contribution < 1.29 is 19.0 Å². The summed E-state index contributed by atoms with van der Waals surface area (Å²) in [4.78, 5) is 20.8. The van der Waals surface area contributed by atoms with Crippen molar-refractivity contribution in [1.82, 2.24) is 9.88 Å². The van der Waals surface area contributed by atoms with Crippen molar-refractivity contribution in [3.8, 4) is 0 Å². The number of hydrogen-bond donors (Lipinski definition) is 0. The first-order valence-corrected chi connectivity index (χ1v) is 12.5. The third kappa shape index (κ3) is 3.99. The van der Waals surface area contributed by atoms with E-state index in [0.717, 1.165) is 69.4 Å². The molecular formula is C26H38N2O4. The van der Waals surface area contributed by atoms with Crippen LogP contribution < -0.4 is 0 Å². The normalized spacial score (nSPS) is 36.7. The Morgan fingerprint density at radius 2 is 2.25 bits per heavy atom. The second-order valence-corrected chi connectivity index (χ2v) is 10.5. The minimum atomic E-state index is -0.353. The molecular weight excluding hydrogens is 404 g/mol. The van der Waals surface area contributed by atoms with Crippen LogP contribution in [0.15, 0.2) is 12.3 Å². The van der Waals surface area contributed by atoms with E-state index in [1.165, 1.54) is 5.56 Å². The Balaban J connectivity index is 1.33. The molecule has 0 bridgehead atoms. The number of pyridine rings is 1. The minimum Gasteiger partial charge on any atom is -0.379 e. The maximum absolute atomic E-state index is 14.1. The summed E-state index contributed by atoms with van der Waals surface area (Å²) in [6.07, 6.45) is 9.20. The summed E-state index contributed by atoms with van der Waals surface area (Å²) in [7, 11) is 1.79. The summed E-state index contributed by atoms with van der Waals surface area (Å²) >= 11 is 0. The molecule has 1 amide bonds. The third-order valence-electron chi connectivity index (χ3n) is 8.49. The summed E-state index contributed by atoms with van der Waals surface area (Å²) in [5, 5.41) is 0. The third-order valence-corrected chi connectivity index (χ3v) is 8.49. The van der Waals surface area contributed by atoms with Crippen molar-refractivity contribution in [1.29, 1.82) is 0 Å². The van der Waals surface area contributed by atoms with Crippen molar-refractivity contribution in [2.75, 3.05) is 26.9 Å². The van der Waals surface area contributed by atoms with Gasteiger partial charge in [0, 0.05) is 45.1 Å². The molecule has 1 aromatic rings. The second-order valence-electron chi connectivity index (χ2n) is 10.5. The monoisotopic (exact) mass is 442 g/mol. The number of carbonyl (C=O) groups is 1. The molecule has 1 aromatic heterocycles. The van der Waals surface area contributed by atoms with Gasteiger partial charge in [0.05, 0.1) is 30.3 Å². The summed E-state index contributed by atoms with van der Waals surface area (Å²) in [5.41, 5.74) is 3.17. The molecule has 6 atom stereocenters. The van der Waals surface area contributed by atoms with Crippen LogP contribution in [0.1, 0.15) is 62.3 Å². The zero-order chi connectivity index (χ0) is 22.3. The molecule has 0 spiro atoms. The van der Waals surface area contributed by atoms with Crippen LogP contribution in [0.4, 0.5) is 0 Å². The smallest absolute Gasteiger partial charge is 0.231 e. The van der Waals surface area contributed by atoms with Gasteiger partial charge in [0.15, 0.2) is 0 Å². The molecule has 2 saturated heterocycles. The topological polar surface area (TPSA) is 60.9 Å². The van der Waals surface area contributed by atoms with Gasteiger partial charge in [0.25, 0.3) is 0 Å². The standard InChI is InChI=1S/C26H38N2O4/c1-4-21-13-26(25(29)28-7-5-22-20(15-28)9-17(2)14-27-22)12-18(11-24(26)32-21)10-19-6-8-31-16-23(19)30-3/h9,14,18-19,21,23-24H,4-8,10-13,15-16H2,1-3H3/t18-,19?,21?,23?,24-,26+/m1/s1. The van der Waals surface area contributed by atoms with Crippen LogP contribution in [0.2, 0.25) is 0 Å². The average Bonchev–Trinajstić information content (AvgIpc) is 3.32. The number of aryl methyl sites for hydroxylation is 1. The number of amides is 1. The predicted molar refractivity (Wildman–Crippen MR) is 121 cm³/mol. The Kier molecular flexibility index (Phi) is 6.30. The molecule has 4 heterocycles. The van der Waals surface area contributed by atoms with Gasteiger partial charge in [-0.15, -0.1) is 0 Å². The lowest BCUT2D eigenvalue weighted by atomic mass is 9.77. The fraction of sp³-hybridized carbons (Fsp3) is 0.769. The lowest BCUT2D eigenvalue weighted by molar-refractivity contribution is -0.145. The highest BCUT2D eigenvalue weighted by atomic mass is 16.5. The number of rotatable bonds is 5. The van der Waals surface area contributed by atoms with E-state index >= 15 is 0 Å².